The Morgan fingerprint density at radius 3 is 1.96 bits per heavy atom. The smallest absolute Gasteiger partial charge is 0.255 e. The second-order valence-corrected chi connectivity index (χ2v) is 7.69. The molecule has 1 heterocycles. The van der Waals surface area contributed by atoms with Crippen molar-refractivity contribution in [3.05, 3.63) is 67.2 Å². The molecule has 0 spiro atoms. The second kappa shape index (κ2) is 7.93. The summed E-state index contributed by atoms with van der Waals surface area (Å²) < 4.78 is 0.927. The highest BCUT2D eigenvalue weighted by atomic mass is 127. The Hall–Kier alpha value is -1.31. The van der Waals surface area contributed by atoms with Crippen LogP contribution in [0.2, 0.25) is 10.0 Å². The Morgan fingerprint density at radius 1 is 0.840 bits per heavy atom. The summed E-state index contributed by atoms with van der Waals surface area (Å²) >= 11 is 14.2. The van der Waals surface area contributed by atoms with Crippen LogP contribution in [-0.2, 0) is 0 Å². The van der Waals surface area contributed by atoms with Crippen molar-refractivity contribution in [3.8, 4) is 0 Å². The molecule has 0 saturated carbocycles. The normalized spacial score (nSPS) is 14.5. The number of nitrogens with zero attached hydrogens (tertiary/aromatic N) is 2. The summed E-state index contributed by atoms with van der Waals surface area (Å²) in [5.74, 6) is -0.135. The van der Waals surface area contributed by atoms with E-state index in [4.69, 9.17) is 23.2 Å². The highest BCUT2D eigenvalue weighted by Crippen LogP contribution is 2.23. The molecule has 130 valence electrons. The molecule has 2 aromatic carbocycles. The number of carbonyl (C=O) groups is 2. The van der Waals surface area contributed by atoms with E-state index in [9.17, 15) is 9.59 Å². The predicted molar refractivity (Wildman–Crippen MR) is 107 cm³/mol. The van der Waals surface area contributed by atoms with Gasteiger partial charge in [0.25, 0.3) is 11.8 Å². The van der Waals surface area contributed by atoms with E-state index in [1.54, 1.807) is 28.0 Å². The summed E-state index contributed by atoms with van der Waals surface area (Å²) in [6.45, 7) is 1.96. The summed E-state index contributed by atoms with van der Waals surface area (Å²) in [6, 6.07) is 12.4. The van der Waals surface area contributed by atoms with Crippen LogP contribution in [0, 0.1) is 3.57 Å². The lowest BCUT2D eigenvalue weighted by Gasteiger charge is -2.35. The van der Waals surface area contributed by atoms with E-state index in [0.717, 1.165) is 3.57 Å². The molecule has 1 fully saturated rings. The minimum atomic E-state index is -0.136. The lowest BCUT2D eigenvalue weighted by molar-refractivity contribution is 0.0535. The molecule has 0 N–H and O–H groups in total. The Morgan fingerprint density at radius 2 is 1.40 bits per heavy atom. The van der Waals surface area contributed by atoms with Gasteiger partial charge in [-0.15, -0.1) is 0 Å². The first-order valence-corrected chi connectivity index (χ1v) is 9.59. The zero-order chi connectivity index (χ0) is 18.0. The van der Waals surface area contributed by atoms with Gasteiger partial charge in [0.15, 0.2) is 0 Å². The third-order valence-corrected chi connectivity index (χ3v) is 5.61. The number of halogens is 3. The van der Waals surface area contributed by atoms with Crippen molar-refractivity contribution in [1.82, 2.24) is 9.80 Å². The summed E-state index contributed by atoms with van der Waals surface area (Å²) in [5, 5.41) is 0.837. The number of rotatable bonds is 2. The van der Waals surface area contributed by atoms with E-state index in [-0.39, 0.29) is 11.8 Å². The molecule has 7 heteroatoms. The molecule has 1 aliphatic rings. The first-order chi connectivity index (χ1) is 12.0. The van der Waals surface area contributed by atoms with Gasteiger partial charge in [-0.05, 0) is 52.9 Å². The molecular weight excluding hydrogens is 474 g/mol. The average Bonchev–Trinajstić information content (AvgIpc) is 2.61. The van der Waals surface area contributed by atoms with Crippen molar-refractivity contribution in [2.24, 2.45) is 0 Å². The Bertz CT molecular complexity index is 820. The van der Waals surface area contributed by atoms with Crippen LogP contribution in [0.5, 0.6) is 0 Å². The number of piperazine rings is 1. The van der Waals surface area contributed by atoms with Crippen molar-refractivity contribution in [2.45, 2.75) is 0 Å². The fraction of sp³-hybridized carbons (Fsp3) is 0.222. The molecule has 0 aliphatic carbocycles. The van der Waals surface area contributed by atoms with E-state index < -0.39 is 0 Å². The SMILES string of the molecule is O=C(c1ccc(Cl)cc1Cl)N1CCN(C(=O)c2ccccc2I)CC1. The largest absolute Gasteiger partial charge is 0.335 e. The van der Waals surface area contributed by atoms with Crippen LogP contribution in [-0.4, -0.2) is 47.8 Å². The van der Waals surface area contributed by atoms with Gasteiger partial charge in [0, 0.05) is 34.8 Å². The Balaban J connectivity index is 1.66. The summed E-state index contributed by atoms with van der Waals surface area (Å²) in [5.41, 5.74) is 1.13. The number of amides is 2. The number of hydrogen-bond donors (Lipinski definition) is 0. The van der Waals surface area contributed by atoms with Crippen LogP contribution in [0.3, 0.4) is 0 Å². The number of hydrogen-bond acceptors (Lipinski definition) is 2. The zero-order valence-corrected chi connectivity index (χ0v) is 16.9. The first-order valence-electron chi connectivity index (χ1n) is 7.75. The van der Waals surface area contributed by atoms with Crippen LogP contribution in [0.25, 0.3) is 0 Å². The molecular formula is C18H15Cl2IN2O2. The lowest BCUT2D eigenvalue weighted by Crippen LogP contribution is -2.50. The van der Waals surface area contributed by atoms with Gasteiger partial charge in [-0.2, -0.15) is 0 Å². The van der Waals surface area contributed by atoms with Crippen LogP contribution in [0.15, 0.2) is 42.5 Å². The van der Waals surface area contributed by atoms with Gasteiger partial charge in [0.1, 0.15) is 0 Å². The minimum absolute atomic E-state index is 0.00150. The summed E-state index contributed by atoms with van der Waals surface area (Å²) in [7, 11) is 0. The first kappa shape index (κ1) is 18.5. The molecule has 1 aliphatic heterocycles. The maximum atomic E-state index is 12.6. The third kappa shape index (κ3) is 4.10. The number of carbonyl (C=O) groups excluding carboxylic acids is 2. The number of benzene rings is 2. The van der Waals surface area contributed by atoms with Gasteiger partial charge in [-0.25, -0.2) is 0 Å². The van der Waals surface area contributed by atoms with Gasteiger partial charge in [0.2, 0.25) is 0 Å². The molecule has 25 heavy (non-hydrogen) atoms. The van der Waals surface area contributed by atoms with Crippen LogP contribution in [0.1, 0.15) is 20.7 Å². The highest BCUT2D eigenvalue weighted by Gasteiger charge is 2.27. The van der Waals surface area contributed by atoms with E-state index in [1.165, 1.54) is 0 Å². The molecule has 4 nitrogen and oxygen atoms in total. The molecule has 1 saturated heterocycles. The van der Waals surface area contributed by atoms with Crippen molar-refractivity contribution in [3.63, 3.8) is 0 Å². The molecule has 2 aromatic rings. The fourth-order valence-electron chi connectivity index (χ4n) is 2.75. The molecule has 0 unspecified atom stereocenters. The zero-order valence-electron chi connectivity index (χ0n) is 13.2. The third-order valence-electron chi connectivity index (χ3n) is 4.12. The van der Waals surface area contributed by atoms with Gasteiger partial charge >= 0.3 is 0 Å². The van der Waals surface area contributed by atoms with Gasteiger partial charge in [0.05, 0.1) is 16.1 Å². The van der Waals surface area contributed by atoms with Crippen LogP contribution in [0.4, 0.5) is 0 Å². The van der Waals surface area contributed by atoms with Crippen LogP contribution < -0.4 is 0 Å². The lowest BCUT2D eigenvalue weighted by atomic mass is 10.1. The molecule has 0 aromatic heterocycles. The maximum absolute atomic E-state index is 12.6. The minimum Gasteiger partial charge on any atom is -0.335 e. The van der Waals surface area contributed by atoms with Gasteiger partial charge < -0.3 is 9.80 Å². The van der Waals surface area contributed by atoms with Crippen molar-refractivity contribution in [1.29, 1.82) is 0 Å². The van der Waals surface area contributed by atoms with Crippen LogP contribution >= 0.6 is 45.8 Å². The second-order valence-electron chi connectivity index (χ2n) is 5.69. The van der Waals surface area contributed by atoms with Gasteiger partial charge in [-0.1, -0.05) is 35.3 Å². The van der Waals surface area contributed by atoms with E-state index in [1.807, 2.05) is 24.3 Å². The van der Waals surface area contributed by atoms with Crippen molar-refractivity contribution >= 4 is 57.6 Å². The molecule has 0 atom stereocenters. The molecule has 0 radical (unpaired) electrons. The molecule has 0 bridgehead atoms. The molecule has 2 amide bonds. The van der Waals surface area contributed by atoms with E-state index >= 15 is 0 Å². The van der Waals surface area contributed by atoms with Gasteiger partial charge in [-0.3, -0.25) is 9.59 Å². The summed E-state index contributed by atoms with van der Waals surface area (Å²) in [4.78, 5) is 28.8. The Labute approximate surface area is 169 Å². The fourth-order valence-corrected chi connectivity index (χ4v) is 3.86. The predicted octanol–water partition coefficient (Wildman–Crippen LogP) is 4.20. The standard InChI is InChI=1S/C18H15Cl2IN2O2/c19-12-5-6-13(15(20)11-12)17(24)22-7-9-23(10-8-22)18(25)14-3-1-2-4-16(14)21/h1-6,11H,7-10H2. The molecule has 3 rings (SSSR count). The maximum Gasteiger partial charge on any atom is 0.255 e. The monoisotopic (exact) mass is 488 g/mol. The van der Waals surface area contributed by atoms with E-state index in [2.05, 4.69) is 22.6 Å². The topological polar surface area (TPSA) is 40.6 Å². The highest BCUT2D eigenvalue weighted by molar-refractivity contribution is 14.1. The Kier molecular flexibility index (Phi) is 5.86. The van der Waals surface area contributed by atoms with Crippen molar-refractivity contribution < 1.29 is 9.59 Å². The quantitative estimate of drug-likeness (QED) is 0.594. The summed E-state index contributed by atoms with van der Waals surface area (Å²) in [6.07, 6.45) is 0. The van der Waals surface area contributed by atoms with E-state index in [0.29, 0.717) is 47.4 Å². The average molecular weight is 489 g/mol. The van der Waals surface area contributed by atoms with Crippen molar-refractivity contribution in [2.75, 3.05) is 26.2 Å².